The zero-order chi connectivity index (χ0) is 29.7. The molecule has 16 nitrogen and oxygen atoms in total. The standard InChI is InChI=1S/C22H26N8O8S3/c1-4-5-6-29-21(26-14(27-29)19(33)36-2)41-8-10-7-39-18-13(16(32)30(18)17(10)38-22(34)35)25-15(31)12(28-37-3)11-9-40-20(23)24-11/h9,13,18H,4-8H2,1-3H3,(H2,23,24)(H,25,31)(H,34,35)/b28-12-/t13-,18-/m1/s1. The highest BCUT2D eigenvalue weighted by Crippen LogP contribution is 2.42. The summed E-state index contributed by atoms with van der Waals surface area (Å²) in [5.41, 5.74) is 6.19. The van der Waals surface area contributed by atoms with Crippen LogP contribution in [-0.4, -0.2) is 96.5 Å². The summed E-state index contributed by atoms with van der Waals surface area (Å²) in [5.74, 6) is -1.68. The topological polar surface area (TPSA) is 213 Å². The molecule has 2 aromatic rings. The second-order valence-electron chi connectivity index (χ2n) is 8.41. The monoisotopic (exact) mass is 626 g/mol. The number of thiazole rings is 1. The number of carbonyl (C=O) groups is 4. The van der Waals surface area contributed by atoms with Crippen molar-refractivity contribution < 1.29 is 38.6 Å². The summed E-state index contributed by atoms with van der Waals surface area (Å²) in [6.07, 6.45) is 0.0961. The van der Waals surface area contributed by atoms with Gasteiger partial charge in [0.05, 0.1) is 7.11 Å². The fraction of sp³-hybridized carbons (Fsp3) is 0.455. The number of rotatable bonds is 12. The van der Waals surface area contributed by atoms with Gasteiger partial charge >= 0.3 is 12.1 Å². The van der Waals surface area contributed by atoms with E-state index in [0.717, 1.165) is 24.2 Å². The summed E-state index contributed by atoms with van der Waals surface area (Å²) in [6, 6.07) is -0.980. The van der Waals surface area contributed by atoms with Gasteiger partial charge in [-0.25, -0.2) is 19.3 Å². The van der Waals surface area contributed by atoms with Gasteiger partial charge in [0, 0.05) is 29.0 Å². The van der Waals surface area contributed by atoms with Crippen LogP contribution in [0.5, 0.6) is 0 Å². The van der Waals surface area contributed by atoms with Gasteiger partial charge in [-0.05, 0) is 6.42 Å². The first kappa shape index (κ1) is 30.1. The maximum Gasteiger partial charge on any atom is 0.512 e. The number of aromatic nitrogens is 4. The molecule has 41 heavy (non-hydrogen) atoms. The number of β-lactam (4-membered cyclic amide) rings is 1. The predicted molar refractivity (Wildman–Crippen MR) is 148 cm³/mol. The minimum atomic E-state index is -1.59. The second kappa shape index (κ2) is 13.2. The minimum Gasteiger partial charge on any atom is -0.463 e. The Morgan fingerprint density at radius 1 is 1.32 bits per heavy atom. The summed E-state index contributed by atoms with van der Waals surface area (Å²) in [7, 11) is 2.50. The van der Waals surface area contributed by atoms with Crippen LogP contribution >= 0.6 is 34.9 Å². The maximum atomic E-state index is 13.1. The maximum absolute atomic E-state index is 13.1. The van der Waals surface area contributed by atoms with Crippen molar-refractivity contribution in [1.82, 2.24) is 30.0 Å². The van der Waals surface area contributed by atoms with Gasteiger partial charge in [-0.2, -0.15) is 4.98 Å². The molecule has 1 fully saturated rings. The highest BCUT2D eigenvalue weighted by molar-refractivity contribution is 8.01. The number of hydrogen-bond donors (Lipinski definition) is 3. The molecule has 0 bridgehead atoms. The predicted octanol–water partition coefficient (Wildman–Crippen LogP) is 1.35. The molecule has 0 unspecified atom stereocenters. The number of ether oxygens (including phenoxy) is 2. The van der Waals surface area contributed by atoms with E-state index in [1.54, 1.807) is 4.68 Å². The van der Waals surface area contributed by atoms with Gasteiger partial charge in [0.1, 0.15) is 24.2 Å². The number of aryl methyl sites for hydroxylation is 1. The van der Waals surface area contributed by atoms with Crippen molar-refractivity contribution in [2.24, 2.45) is 5.16 Å². The zero-order valence-corrected chi connectivity index (χ0v) is 24.5. The van der Waals surface area contributed by atoms with Crippen LogP contribution in [0.4, 0.5) is 9.93 Å². The fourth-order valence-corrected chi connectivity index (χ4v) is 6.79. The van der Waals surface area contributed by atoms with Crippen LogP contribution in [0.1, 0.15) is 36.1 Å². The number of carbonyl (C=O) groups excluding carboxylic acids is 3. The summed E-state index contributed by atoms with van der Waals surface area (Å²) < 4.78 is 11.4. The fourth-order valence-electron chi connectivity index (χ4n) is 3.83. The highest BCUT2D eigenvalue weighted by Gasteiger charge is 2.54. The first-order valence-corrected chi connectivity index (χ1v) is 15.0. The molecule has 0 spiro atoms. The third kappa shape index (κ3) is 6.57. The number of hydrogen-bond acceptors (Lipinski definition) is 15. The Morgan fingerprint density at radius 2 is 2.10 bits per heavy atom. The van der Waals surface area contributed by atoms with E-state index >= 15 is 0 Å². The average molecular weight is 627 g/mol. The molecule has 4 heterocycles. The Kier molecular flexibility index (Phi) is 9.71. The van der Waals surface area contributed by atoms with Crippen molar-refractivity contribution in [3.05, 3.63) is 28.4 Å². The van der Waals surface area contributed by atoms with E-state index in [-0.39, 0.29) is 34.0 Å². The molecule has 2 aliphatic heterocycles. The third-order valence-electron chi connectivity index (χ3n) is 5.73. The van der Waals surface area contributed by atoms with E-state index in [0.29, 0.717) is 23.0 Å². The molecule has 2 atom stereocenters. The number of esters is 1. The molecule has 0 radical (unpaired) electrons. The van der Waals surface area contributed by atoms with Crippen LogP contribution in [0.3, 0.4) is 0 Å². The highest BCUT2D eigenvalue weighted by atomic mass is 32.2. The van der Waals surface area contributed by atoms with E-state index in [4.69, 9.17) is 20.0 Å². The Bertz CT molecular complexity index is 1410. The molecule has 4 rings (SSSR count). The number of amides is 2. The molecular formula is C22H26N8O8S3. The van der Waals surface area contributed by atoms with Crippen molar-refractivity contribution in [3.63, 3.8) is 0 Å². The smallest absolute Gasteiger partial charge is 0.463 e. The van der Waals surface area contributed by atoms with Crippen LogP contribution in [0.25, 0.3) is 0 Å². The van der Waals surface area contributed by atoms with Gasteiger partial charge in [-0.1, -0.05) is 30.3 Å². The quantitative estimate of drug-likeness (QED) is 0.0997. The lowest BCUT2D eigenvalue weighted by Gasteiger charge is -2.49. The van der Waals surface area contributed by atoms with Crippen molar-refractivity contribution in [2.45, 2.75) is 42.9 Å². The molecule has 19 heteroatoms. The van der Waals surface area contributed by atoms with E-state index in [1.807, 2.05) is 6.92 Å². The number of nitrogens with zero attached hydrogens (tertiary/aromatic N) is 6. The Balaban J connectivity index is 1.51. The van der Waals surface area contributed by atoms with Crippen LogP contribution in [-0.2, 0) is 30.4 Å². The van der Waals surface area contributed by atoms with Crippen molar-refractivity contribution in [3.8, 4) is 0 Å². The SMILES string of the molecule is CCCCn1nc(C(=O)OC)nc1SCC1=C(OC(=O)O)N2C(=O)[C@@H](NC(=O)/C(=N\OC)c3csc(N)n3)[C@H]2SC1. The summed E-state index contributed by atoms with van der Waals surface area (Å²) in [5, 5.41) is 21.5. The minimum absolute atomic E-state index is 0.0894. The van der Waals surface area contributed by atoms with Crippen molar-refractivity contribution in [2.75, 3.05) is 31.5 Å². The lowest BCUT2D eigenvalue weighted by Crippen LogP contribution is -2.70. The van der Waals surface area contributed by atoms with Gasteiger partial charge in [-0.15, -0.1) is 28.2 Å². The van der Waals surface area contributed by atoms with Gasteiger partial charge in [0.15, 0.2) is 16.0 Å². The van der Waals surface area contributed by atoms with Gasteiger partial charge in [0.2, 0.25) is 5.88 Å². The second-order valence-corrected chi connectivity index (χ2v) is 11.3. The molecular weight excluding hydrogens is 600 g/mol. The van der Waals surface area contributed by atoms with Crippen molar-refractivity contribution in [1.29, 1.82) is 0 Å². The molecule has 2 aromatic heterocycles. The molecule has 0 aromatic carbocycles. The van der Waals surface area contributed by atoms with Crippen molar-refractivity contribution >= 4 is 69.6 Å². The lowest BCUT2D eigenvalue weighted by molar-refractivity contribution is -0.148. The first-order valence-electron chi connectivity index (χ1n) is 12.0. The molecule has 2 aliphatic rings. The number of nitrogen functional groups attached to an aromatic ring is 1. The number of anilines is 1. The van der Waals surface area contributed by atoms with E-state index in [1.165, 1.54) is 48.0 Å². The molecule has 220 valence electrons. The summed E-state index contributed by atoms with van der Waals surface area (Å²) >= 11 is 3.65. The van der Waals surface area contributed by atoms with Crippen LogP contribution in [0.15, 0.2) is 27.1 Å². The number of oxime groups is 1. The molecule has 2 amide bonds. The average Bonchev–Trinajstić information content (AvgIpc) is 3.57. The number of fused-ring (bicyclic) bond motifs is 1. The van der Waals surface area contributed by atoms with Gasteiger partial charge in [0.25, 0.3) is 17.6 Å². The normalized spacial score (nSPS) is 18.5. The molecule has 1 saturated heterocycles. The Morgan fingerprint density at radius 3 is 2.73 bits per heavy atom. The number of methoxy groups -OCH3 is 1. The van der Waals surface area contributed by atoms with E-state index in [2.05, 4.69) is 25.5 Å². The first-order chi connectivity index (χ1) is 19.7. The van der Waals surface area contributed by atoms with Crippen LogP contribution < -0.4 is 11.1 Å². The van der Waals surface area contributed by atoms with Gasteiger partial charge < -0.3 is 30.5 Å². The number of thioether (sulfide) groups is 2. The number of nitrogens with one attached hydrogen (secondary N) is 1. The van der Waals surface area contributed by atoms with E-state index < -0.39 is 35.4 Å². The molecule has 0 aliphatic carbocycles. The van der Waals surface area contributed by atoms with Crippen LogP contribution in [0, 0.1) is 0 Å². The largest absolute Gasteiger partial charge is 0.512 e. The summed E-state index contributed by atoms with van der Waals surface area (Å²) in [4.78, 5) is 63.9. The van der Waals surface area contributed by atoms with Crippen LogP contribution in [0.2, 0.25) is 0 Å². The Labute approximate surface area is 245 Å². The van der Waals surface area contributed by atoms with E-state index in [9.17, 15) is 24.3 Å². The Hall–Kier alpha value is -3.84. The zero-order valence-electron chi connectivity index (χ0n) is 22.1. The van der Waals surface area contributed by atoms with Gasteiger partial charge in [-0.3, -0.25) is 14.5 Å². The lowest BCUT2D eigenvalue weighted by atomic mass is 10.1. The third-order valence-corrected chi connectivity index (χ3v) is 8.80. The number of unbranched alkanes of at least 4 members (excludes halogenated alkanes) is 1. The summed E-state index contributed by atoms with van der Waals surface area (Å²) in [6.45, 7) is 2.53. The number of nitrogens with two attached hydrogens (primary N) is 1. The number of carboxylic acid groups (broad SMARTS) is 1. The molecule has 4 N–H and O–H groups in total. The molecule has 0 saturated carbocycles.